The van der Waals surface area contributed by atoms with Crippen molar-refractivity contribution < 1.29 is 22.3 Å². The van der Waals surface area contributed by atoms with Crippen LogP contribution in [0.5, 0.6) is 11.6 Å². The van der Waals surface area contributed by atoms with Crippen LogP contribution in [0.3, 0.4) is 0 Å². The number of nitrogens with zero attached hydrogens (tertiary/aromatic N) is 2. The molecule has 0 aliphatic rings. The molecule has 21 heavy (non-hydrogen) atoms. The van der Waals surface area contributed by atoms with Crippen LogP contribution in [0, 0.1) is 17.1 Å². The van der Waals surface area contributed by atoms with Gasteiger partial charge in [0.2, 0.25) is 5.88 Å². The highest BCUT2D eigenvalue weighted by molar-refractivity contribution is 6.29. The SMILES string of the molecule is N#Cc1cc(Cl)nc(Oc2ccc(F)c(C(F)(F)F)c2)c1. The molecule has 1 aromatic carbocycles. The zero-order chi connectivity index (χ0) is 15.6. The van der Waals surface area contributed by atoms with Gasteiger partial charge in [0, 0.05) is 6.07 Å². The Morgan fingerprint density at radius 3 is 2.52 bits per heavy atom. The molecule has 8 heteroatoms. The summed E-state index contributed by atoms with van der Waals surface area (Å²) >= 11 is 5.64. The van der Waals surface area contributed by atoms with Crippen molar-refractivity contribution in [2.24, 2.45) is 0 Å². The van der Waals surface area contributed by atoms with Crippen molar-refractivity contribution in [3.05, 3.63) is 52.4 Å². The molecule has 0 amide bonds. The summed E-state index contributed by atoms with van der Waals surface area (Å²) in [6.07, 6.45) is -4.84. The first-order chi connectivity index (χ1) is 9.79. The van der Waals surface area contributed by atoms with Crippen LogP contribution in [0.4, 0.5) is 17.6 Å². The standard InChI is InChI=1S/C13H5ClF4N2O/c14-11-3-7(6-19)4-12(20-11)21-8-1-2-10(15)9(5-8)13(16,17)18/h1-5H. The van der Waals surface area contributed by atoms with Crippen molar-refractivity contribution in [2.45, 2.75) is 6.18 Å². The molecule has 0 aliphatic heterocycles. The second-order valence-electron chi connectivity index (χ2n) is 3.87. The van der Waals surface area contributed by atoms with E-state index in [1.807, 2.05) is 0 Å². The van der Waals surface area contributed by atoms with Crippen LogP contribution in [-0.4, -0.2) is 4.98 Å². The van der Waals surface area contributed by atoms with E-state index in [0.29, 0.717) is 12.1 Å². The Kier molecular flexibility index (Phi) is 4.00. The van der Waals surface area contributed by atoms with Crippen LogP contribution in [0.1, 0.15) is 11.1 Å². The summed E-state index contributed by atoms with van der Waals surface area (Å²) in [6, 6.07) is 6.41. The number of halogens is 5. The van der Waals surface area contributed by atoms with Crippen molar-refractivity contribution in [1.82, 2.24) is 4.98 Å². The molecule has 0 radical (unpaired) electrons. The van der Waals surface area contributed by atoms with E-state index in [1.54, 1.807) is 6.07 Å². The van der Waals surface area contributed by atoms with Crippen LogP contribution >= 0.6 is 11.6 Å². The van der Waals surface area contributed by atoms with Gasteiger partial charge in [-0.05, 0) is 24.3 Å². The number of benzene rings is 1. The molecule has 0 N–H and O–H groups in total. The quantitative estimate of drug-likeness (QED) is 0.603. The predicted octanol–water partition coefficient (Wildman–Crippen LogP) is 4.56. The minimum atomic E-state index is -4.84. The zero-order valence-corrected chi connectivity index (χ0v) is 10.8. The highest BCUT2D eigenvalue weighted by atomic mass is 35.5. The highest BCUT2D eigenvalue weighted by Gasteiger charge is 2.34. The van der Waals surface area contributed by atoms with Gasteiger partial charge in [0.1, 0.15) is 16.7 Å². The van der Waals surface area contributed by atoms with Gasteiger partial charge < -0.3 is 4.74 Å². The molecular weight excluding hydrogens is 312 g/mol. The second kappa shape index (κ2) is 5.58. The first-order valence-corrected chi connectivity index (χ1v) is 5.79. The summed E-state index contributed by atoms with van der Waals surface area (Å²) in [5.74, 6) is -1.85. The van der Waals surface area contributed by atoms with Crippen LogP contribution in [0.25, 0.3) is 0 Å². The summed E-state index contributed by atoms with van der Waals surface area (Å²) in [6.45, 7) is 0. The third-order valence-electron chi connectivity index (χ3n) is 2.37. The monoisotopic (exact) mass is 316 g/mol. The summed E-state index contributed by atoms with van der Waals surface area (Å²) in [5, 5.41) is 8.70. The fraction of sp³-hybridized carbons (Fsp3) is 0.0769. The lowest BCUT2D eigenvalue weighted by molar-refractivity contribution is -0.140. The summed E-state index contributed by atoms with van der Waals surface area (Å²) < 4.78 is 55.9. The maximum absolute atomic E-state index is 13.1. The fourth-order valence-electron chi connectivity index (χ4n) is 1.50. The molecule has 0 saturated carbocycles. The number of hydrogen-bond acceptors (Lipinski definition) is 3. The van der Waals surface area contributed by atoms with Gasteiger partial charge >= 0.3 is 6.18 Å². The van der Waals surface area contributed by atoms with Gasteiger partial charge in [0.15, 0.2) is 0 Å². The number of pyridine rings is 1. The van der Waals surface area contributed by atoms with Crippen molar-refractivity contribution in [3.8, 4) is 17.7 Å². The van der Waals surface area contributed by atoms with Gasteiger partial charge in [-0.15, -0.1) is 0 Å². The van der Waals surface area contributed by atoms with Crippen molar-refractivity contribution in [1.29, 1.82) is 5.26 Å². The Balaban J connectivity index is 2.37. The molecule has 0 aliphatic carbocycles. The number of rotatable bonds is 2. The molecule has 1 aromatic heterocycles. The predicted molar refractivity (Wildman–Crippen MR) is 65.4 cm³/mol. The third-order valence-corrected chi connectivity index (χ3v) is 2.56. The number of nitriles is 1. The van der Waals surface area contributed by atoms with E-state index in [2.05, 4.69) is 4.98 Å². The lowest BCUT2D eigenvalue weighted by atomic mass is 10.2. The van der Waals surface area contributed by atoms with Crippen molar-refractivity contribution in [3.63, 3.8) is 0 Å². The molecule has 0 unspecified atom stereocenters. The largest absolute Gasteiger partial charge is 0.439 e. The van der Waals surface area contributed by atoms with Crippen molar-refractivity contribution in [2.75, 3.05) is 0 Å². The van der Waals surface area contributed by atoms with E-state index in [4.69, 9.17) is 21.6 Å². The topological polar surface area (TPSA) is 45.9 Å². The molecule has 0 fully saturated rings. The molecule has 0 atom stereocenters. The average Bonchev–Trinajstić information content (AvgIpc) is 2.39. The lowest BCUT2D eigenvalue weighted by Crippen LogP contribution is -2.08. The first-order valence-electron chi connectivity index (χ1n) is 5.42. The first kappa shape index (κ1) is 15.1. The van der Waals surface area contributed by atoms with E-state index in [9.17, 15) is 17.6 Å². The van der Waals surface area contributed by atoms with Crippen LogP contribution in [-0.2, 0) is 6.18 Å². The molecule has 0 bridgehead atoms. The number of aromatic nitrogens is 1. The van der Waals surface area contributed by atoms with E-state index in [-0.39, 0.29) is 22.3 Å². The molecule has 1 heterocycles. The number of hydrogen-bond donors (Lipinski definition) is 0. The van der Waals surface area contributed by atoms with Gasteiger partial charge in [-0.25, -0.2) is 9.37 Å². The Hall–Kier alpha value is -2.33. The second-order valence-corrected chi connectivity index (χ2v) is 4.26. The van der Waals surface area contributed by atoms with Crippen molar-refractivity contribution >= 4 is 11.6 Å². The summed E-state index contributed by atoms with van der Waals surface area (Å²) in [7, 11) is 0. The summed E-state index contributed by atoms with van der Waals surface area (Å²) in [5.41, 5.74) is -1.33. The fourth-order valence-corrected chi connectivity index (χ4v) is 1.70. The average molecular weight is 317 g/mol. The van der Waals surface area contributed by atoms with Crippen LogP contribution in [0.15, 0.2) is 30.3 Å². The molecule has 2 aromatic rings. The molecule has 3 nitrogen and oxygen atoms in total. The maximum Gasteiger partial charge on any atom is 0.419 e. The molecule has 108 valence electrons. The maximum atomic E-state index is 13.1. The lowest BCUT2D eigenvalue weighted by Gasteiger charge is -2.10. The van der Waals surface area contributed by atoms with Gasteiger partial charge in [-0.2, -0.15) is 18.4 Å². The van der Waals surface area contributed by atoms with Gasteiger partial charge in [0.05, 0.1) is 17.2 Å². The number of ether oxygens (including phenoxy) is 1. The highest BCUT2D eigenvalue weighted by Crippen LogP contribution is 2.34. The minimum absolute atomic E-state index is 0.0535. The Labute approximate surface area is 121 Å². The molecule has 0 saturated heterocycles. The number of alkyl halides is 3. The molecule has 2 rings (SSSR count). The van der Waals surface area contributed by atoms with E-state index in [0.717, 1.165) is 6.07 Å². The Bertz CT molecular complexity index is 725. The van der Waals surface area contributed by atoms with Gasteiger partial charge in [-0.3, -0.25) is 0 Å². The molecule has 0 spiro atoms. The van der Waals surface area contributed by atoms with Crippen LogP contribution in [0.2, 0.25) is 5.15 Å². The minimum Gasteiger partial charge on any atom is -0.439 e. The van der Waals surface area contributed by atoms with E-state index in [1.165, 1.54) is 12.1 Å². The van der Waals surface area contributed by atoms with E-state index >= 15 is 0 Å². The Morgan fingerprint density at radius 2 is 1.90 bits per heavy atom. The molecular formula is C13H5ClF4N2O. The Morgan fingerprint density at radius 1 is 1.19 bits per heavy atom. The normalized spacial score (nSPS) is 11.0. The third kappa shape index (κ3) is 3.61. The smallest absolute Gasteiger partial charge is 0.419 e. The van der Waals surface area contributed by atoms with E-state index < -0.39 is 17.6 Å². The van der Waals surface area contributed by atoms with Crippen LogP contribution < -0.4 is 4.74 Å². The van der Waals surface area contributed by atoms with Gasteiger partial charge in [0.25, 0.3) is 0 Å². The zero-order valence-electron chi connectivity index (χ0n) is 10.1. The summed E-state index contributed by atoms with van der Waals surface area (Å²) in [4.78, 5) is 3.71. The van der Waals surface area contributed by atoms with Gasteiger partial charge in [-0.1, -0.05) is 11.6 Å².